The van der Waals surface area contributed by atoms with Crippen LogP contribution >= 0.6 is 7.60 Å². The molecule has 1 aromatic heterocycles. The lowest BCUT2D eigenvalue weighted by Gasteiger charge is -2.30. The van der Waals surface area contributed by atoms with Crippen LogP contribution in [0, 0.1) is 0 Å². The summed E-state index contributed by atoms with van der Waals surface area (Å²) in [6.07, 6.45) is -6.55. The van der Waals surface area contributed by atoms with Crippen LogP contribution in [0.3, 0.4) is 0 Å². The maximum atomic E-state index is 11.6. The lowest BCUT2D eigenvalue weighted by atomic mass is 10.2. The molecule has 1 fully saturated rings. The predicted molar refractivity (Wildman–Crippen MR) is 60.8 cm³/mol. The van der Waals surface area contributed by atoms with E-state index in [9.17, 15) is 34.2 Å². The van der Waals surface area contributed by atoms with Gasteiger partial charge in [-0.05, 0) is 7.60 Å². The van der Waals surface area contributed by atoms with Crippen molar-refractivity contribution in [2.24, 2.45) is 0 Å². The molecular formula is C9H11N2O9P-2. The zero-order chi connectivity index (χ0) is 15.8. The highest BCUT2D eigenvalue weighted by atomic mass is 31.2. The van der Waals surface area contributed by atoms with E-state index in [1.807, 2.05) is 4.98 Å². The highest BCUT2D eigenvalue weighted by Crippen LogP contribution is 2.32. The number of nitrogens with one attached hydrogen (secondary N) is 1. The molecule has 0 saturated carbocycles. The van der Waals surface area contributed by atoms with Crippen molar-refractivity contribution in [2.45, 2.75) is 24.7 Å². The first kappa shape index (κ1) is 16.0. The molecule has 21 heavy (non-hydrogen) atoms. The number of aliphatic hydroxyl groups is 2. The average molecular weight is 322 g/mol. The smallest absolute Gasteiger partial charge is 0.330 e. The summed E-state index contributed by atoms with van der Waals surface area (Å²) in [4.78, 5) is 45.3. The van der Waals surface area contributed by atoms with Gasteiger partial charge in [-0.1, -0.05) is 0 Å². The molecule has 1 aliphatic rings. The van der Waals surface area contributed by atoms with E-state index in [1.165, 1.54) is 0 Å². The SMILES string of the molecule is O=c1ccn([C@@H]2O[C@H](OCP(=O)([O-])[O-])[C@@H](O)[C@H]2O)c(=O)[nH]1. The summed E-state index contributed by atoms with van der Waals surface area (Å²) in [5.41, 5.74) is -1.58. The van der Waals surface area contributed by atoms with E-state index < -0.39 is 49.9 Å². The summed E-state index contributed by atoms with van der Waals surface area (Å²) in [5, 5.41) is 19.4. The standard InChI is InChI=1S/C9H13N2O9P/c12-4-1-2-11(9(15)10-4)7-5(13)6(14)8(20-7)19-3-21(16,17)18/h1-2,5-8,13-14H,3H2,(H,10,12,15)(H2,16,17,18)/p-2/t5-,6+,7-,8+/m1/s1. The minimum atomic E-state index is -4.98. The number of aromatic nitrogens is 2. The Morgan fingerprint density at radius 3 is 2.62 bits per heavy atom. The summed E-state index contributed by atoms with van der Waals surface area (Å²) < 4.78 is 20.8. The molecule has 0 amide bonds. The van der Waals surface area contributed by atoms with Gasteiger partial charge in [-0.2, -0.15) is 0 Å². The third-order valence-corrected chi connectivity index (χ3v) is 3.18. The molecule has 118 valence electrons. The first-order valence-corrected chi connectivity index (χ1v) is 7.37. The molecule has 4 atom stereocenters. The van der Waals surface area contributed by atoms with Crippen LogP contribution < -0.4 is 21.0 Å². The normalized spacial score (nSPS) is 29.7. The molecule has 2 heterocycles. The third kappa shape index (κ3) is 3.66. The van der Waals surface area contributed by atoms with Gasteiger partial charge in [0.15, 0.2) is 12.5 Å². The van der Waals surface area contributed by atoms with Crippen LogP contribution in [0.25, 0.3) is 0 Å². The van der Waals surface area contributed by atoms with Crippen LogP contribution in [-0.4, -0.2) is 44.6 Å². The van der Waals surface area contributed by atoms with Gasteiger partial charge in [0.05, 0.1) is 6.35 Å². The second-order valence-corrected chi connectivity index (χ2v) is 5.78. The van der Waals surface area contributed by atoms with Crippen molar-refractivity contribution in [1.29, 1.82) is 0 Å². The molecule has 1 saturated heterocycles. The average Bonchev–Trinajstić information content (AvgIpc) is 2.64. The van der Waals surface area contributed by atoms with E-state index in [1.54, 1.807) is 0 Å². The van der Waals surface area contributed by atoms with E-state index in [0.717, 1.165) is 16.8 Å². The number of hydrogen-bond donors (Lipinski definition) is 3. The van der Waals surface area contributed by atoms with Gasteiger partial charge in [0.25, 0.3) is 5.56 Å². The molecule has 11 nitrogen and oxygen atoms in total. The van der Waals surface area contributed by atoms with Gasteiger partial charge < -0.3 is 34.0 Å². The fourth-order valence-electron chi connectivity index (χ4n) is 1.79. The van der Waals surface area contributed by atoms with Crippen LogP contribution in [0.4, 0.5) is 0 Å². The van der Waals surface area contributed by atoms with Crippen molar-refractivity contribution in [1.82, 2.24) is 9.55 Å². The van der Waals surface area contributed by atoms with Crippen LogP contribution in [0.1, 0.15) is 6.23 Å². The predicted octanol–water partition coefficient (Wildman–Crippen LogP) is -4.00. The summed E-state index contributed by atoms with van der Waals surface area (Å²) in [6, 6.07) is 0.988. The molecule has 2 rings (SSSR count). The molecule has 12 heteroatoms. The van der Waals surface area contributed by atoms with Crippen LogP contribution in [0.2, 0.25) is 0 Å². The van der Waals surface area contributed by atoms with Gasteiger partial charge in [0.1, 0.15) is 12.2 Å². The Balaban J connectivity index is 2.18. The minimum Gasteiger partial charge on any atom is -0.809 e. The van der Waals surface area contributed by atoms with Gasteiger partial charge in [0, 0.05) is 12.3 Å². The number of ether oxygens (including phenoxy) is 2. The van der Waals surface area contributed by atoms with Gasteiger partial charge >= 0.3 is 5.69 Å². The van der Waals surface area contributed by atoms with Crippen molar-refractivity contribution >= 4 is 7.60 Å². The highest BCUT2D eigenvalue weighted by Gasteiger charge is 2.44. The maximum Gasteiger partial charge on any atom is 0.330 e. The molecule has 3 N–H and O–H groups in total. The number of hydrogen-bond acceptors (Lipinski definition) is 9. The van der Waals surface area contributed by atoms with E-state index >= 15 is 0 Å². The molecule has 0 aliphatic carbocycles. The first-order valence-electron chi connectivity index (χ1n) is 5.65. The Kier molecular flexibility index (Phi) is 4.44. The minimum absolute atomic E-state index is 0.671. The fraction of sp³-hybridized carbons (Fsp3) is 0.556. The monoisotopic (exact) mass is 322 g/mol. The van der Waals surface area contributed by atoms with Crippen molar-refractivity contribution < 1.29 is 34.0 Å². The molecular weight excluding hydrogens is 311 g/mol. The third-order valence-electron chi connectivity index (χ3n) is 2.72. The molecule has 0 aromatic carbocycles. The molecule has 1 aliphatic heterocycles. The molecule has 0 spiro atoms. The van der Waals surface area contributed by atoms with E-state index in [4.69, 9.17) is 4.74 Å². The van der Waals surface area contributed by atoms with Crippen molar-refractivity contribution in [3.05, 3.63) is 33.1 Å². The second-order valence-electron chi connectivity index (χ2n) is 4.30. The number of aliphatic hydroxyl groups excluding tert-OH is 2. The molecule has 0 radical (unpaired) electrons. The van der Waals surface area contributed by atoms with Crippen molar-refractivity contribution in [2.75, 3.05) is 6.35 Å². The fourth-order valence-corrected chi connectivity index (χ4v) is 2.12. The number of H-pyrrole nitrogens is 1. The lowest BCUT2D eigenvalue weighted by molar-refractivity contribution is -0.322. The Morgan fingerprint density at radius 2 is 2.05 bits per heavy atom. The van der Waals surface area contributed by atoms with Crippen molar-refractivity contribution in [3.63, 3.8) is 0 Å². The van der Waals surface area contributed by atoms with Gasteiger partial charge in [-0.15, -0.1) is 0 Å². The summed E-state index contributed by atoms with van der Waals surface area (Å²) >= 11 is 0. The summed E-state index contributed by atoms with van der Waals surface area (Å²) in [6.45, 7) is 0. The summed E-state index contributed by atoms with van der Waals surface area (Å²) in [5.74, 6) is 0. The molecule has 0 unspecified atom stereocenters. The zero-order valence-electron chi connectivity index (χ0n) is 10.3. The van der Waals surface area contributed by atoms with Crippen LogP contribution in [0.15, 0.2) is 21.9 Å². The first-order chi connectivity index (χ1) is 9.69. The Morgan fingerprint density at radius 1 is 1.38 bits per heavy atom. The number of nitrogens with zero attached hydrogens (tertiary/aromatic N) is 1. The van der Waals surface area contributed by atoms with Crippen LogP contribution in [-0.2, 0) is 14.0 Å². The highest BCUT2D eigenvalue weighted by molar-refractivity contribution is 7.48. The Bertz CT molecular complexity index is 664. The van der Waals surface area contributed by atoms with Crippen molar-refractivity contribution in [3.8, 4) is 0 Å². The summed E-state index contributed by atoms with van der Waals surface area (Å²) in [7, 11) is -4.98. The topological polar surface area (TPSA) is 177 Å². The van der Waals surface area contributed by atoms with E-state index in [-0.39, 0.29) is 0 Å². The quantitative estimate of drug-likeness (QED) is 0.466. The number of rotatable bonds is 4. The largest absolute Gasteiger partial charge is 0.809 e. The number of aromatic amines is 1. The van der Waals surface area contributed by atoms with Crippen LogP contribution in [0.5, 0.6) is 0 Å². The van der Waals surface area contributed by atoms with Gasteiger partial charge in [-0.25, -0.2) is 4.79 Å². The van der Waals surface area contributed by atoms with E-state index in [0.29, 0.717) is 0 Å². The Labute approximate surface area is 116 Å². The lowest BCUT2D eigenvalue weighted by Crippen LogP contribution is -2.37. The van der Waals surface area contributed by atoms with E-state index in [2.05, 4.69) is 4.74 Å². The second kappa shape index (κ2) is 5.81. The molecule has 0 bridgehead atoms. The van der Waals surface area contributed by atoms with Gasteiger partial charge in [-0.3, -0.25) is 14.3 Å². The zero-order valence-corrected chi connectivity index (χ0v) is 11.2. The van der Waals surface area contributed by atoms with Gasteiger partial charge in [0.2, 0.25) is 0 Å². The maximum absolute atomic E-state index is 11.6. The molecule has 1 aromatic rings. The Hall–Kier alpha value is -1.33.